The molecule has 1 aromatic carbocycles. The van der Waals surface area contributed by atoms with Crippen LogP contribution in [0.3, 0.4) is 0 Å². The van der Waals surface area contributed by atoms with Crippen molar-refractivity contribution < 1.29 is 9.50 Å². The zero-order valence-electron chi connectivity index (χ0n) is 8.55. The summed E-state index contributed by atoms with van der Waals surface area (Å²) in [6.45, 7) is 4.84. The number of aliphatic hydroxyl groups is 1. The molecule has 0 spiro atoms. The molecule has 0 saturated carbocycles. The second kappa shape index (κ2) is 4.53. The maximum atomic E-state index is 12.9. The Morgan fingerprint density at radius 1 is 1.50 bits per heavy atom. The number of hydrogen-bond acceptors (Lipinski definition) is 2. The van der Waals surface area contributed by atoms with Gasteiger partial charge in [-0.1, -0.05) is 19.1 Å². The Hall–Kier alpha value is -0.930. The lowest BCUT2D eigenvalue weighted by Crippen LogP contribution is -2.35. The molecular weight excluding hydrogens is 181 g/mol. The van der Waals surface area contributed by atoms with Crippen molar-refractivity contribution in [1.82, 2.24) is 5.32 Å². The summed E-state index contributed by atoms with van der Waals surface area (Å²) in [6.07, 6.45) is 0. The van der Waals surface area contributed by atoms with E-state index in [1.807, 2.05) is 6.92 Å². The van der Waals surface area contributed by atoms with E-state index in [0.29, 0.717) is 12.1 Å². The van der Waals surface area contributed by atoms with Gasteiger partial charge in [-0.3, -0.25) is 0 Å². The first kappa shape index (κ1) is 11.1. The molecular formula is C11H16FNO. The Morgan fingerprint density at radius 2 is 2.21 bits per heavy atom. The SMILES string of the molecule is CCNCC(C)(O)c1cccc(F)c1. The minimum absolute atomic E-state index is 0.320. The van der Waals surface area contributed by atoms with Crippen LogP contribution in [0.25, 0.3) is 0 Å². The van der Waals surface area contributed by atoms with Gasteiger partial charge in [0.05, 0.1) is 5.60 Å². The first-order chi connectivity index (χ1) is 6.56. The lowest BCUT2D eigenvalue weighted by Gasteiger charge is -2.24. The van der Waals surface area contributed by atoms with Crippen molar-refractivity contribution in [2.75, 3.05) is 13.1 Å². The van der Waals surface area contributed by atoms with E-state index in [4.69, 9.17) is 0 Å². The summed E-state index contributed by atoms with van der Waals surface area (Å²) in [5, 5.41) is 13.0. The van der Waals surface area contributed by atoms with Crippen molar-refractivity contribution in [3.05, 3.63) is 35.6 Å². The van der Waals surface area contributed by atoms with Crippen molar-refractivity contribution in [3.63, 3.8) is 0 Å². The molecule has 1 aromatic rings. The smallest absolute Gasteiger partial charge is 0.123 e. The largest absolute Gasteiger partial charge is 0.384 e. The third-order valence-electron chi connectivity index (χ3n) is 2.17. The molecule has 0 heterocycles. The normalized spacial score (nSPS) is 15.1. The van der Waals surface area contributed by atoms with E-state index in [0.717, 1.165) is 6.54 Å². The van der Waals surface area contributed by atoms with Crippen LogP contribution in [0.4, 0.5) is 4.39 Å². The first-order valence-corrected chi connectivity index (χ1v) is 4.75. The number of rotatable bonds is 4. The molecule has 2 nitrogen and oxygen atoms in total. The average Bonchev–Trinajstić information content (AvgIpc) is 2.15. The Morgan fingerprint density at radius 3 is 2.79 bits per heavy atom. The van der Waals surface area contributed by atoms with Crippen LogP contribution in [0.2, 0.25) is 0 Å². The summed E-state index contributed by atoms with van der Waals surface area (Å²) >= 11 is 0. The van der Waals surface area contributed by atoms with Gasteiger partial charge in [-0.25, -0.2) is 4.39 Å². The van der Waals surface area contributed by atoms with Crippen molar-refractivity contribution in [3.8, 4) is 0 Å². The summed E-state index contributed by atoms with van der Waals surface area (Å²) in [7, 11) is 0. The molecule has 3 heteroatoms. The van der Waals surface area contributed by atoms with Crippen LogP contribution >= 0.6 is 0 Å². The van der Waals surface area contributed by atoms with E-state index in [2.05, 4.69) is 5.32 Å². The maximum Gasteiger partial charge on any atom is 0.123 e. The van der Waals surface area contributed by atoms with Gasteiger partial charge in [0.1, 0.15) is 5.82 Å². The molecule has 0 bridgehead atoms. The number of halogens is 1. The topological polar surface area (TPSA) is 32.3 Å². The van der Waals surface area contributed by atoms with E-state index < -0.39 is 5.60 Å². The number of likely N-dealkylation sites (N-methyl/N-ethyl adjacent to an activating group) is 1. The summed E-state index contributed by atoms with van der Waals surface area (Å²) in [4.78, 5) is 0. The van der Waals surface area contributed by atoms with Crippen molar-refractivity contribution in [2.45, 2.75) is 19.4 Å². The summed E-state index contributed by atoms with van der Waals surface area (Å²) in [5.41, 5.74) is -0.420. The predicted molar refractivity (Wildman–Crippen MR) is 54.5 cm³/mol. The van der Waals surface area contributed by atoms with Crippen molar-refractivity contribution in [1.29, 1.82) is 0 Å². The van der Waals surface area contributed by atoms with Crippen LogP contribution in [0, 0.1) is 5.82 Å². The number of nitrogens with one attached hydrogen (secondary N) is 1. The average molecular weight is 197 g/mol. The molecule has 0 amide bonds. The lowest BCUT2D eigenvalue weighted by atomic mass is 9.96. The Bertz CT molecular complexity index is 299. The zero-order valence-corrected chi connectivity index (χ0v) is 8.55. The van der Waals surface area contributed by atoms with E-state index in [1.54, 1.807) is 19.1 Å². The van der Waals surface area contributed by atoms with Crippen LogP contribution in [0.1, 0.15) is 19.4 Å². The Balaban J connectivity index is 2.80. The Kier molecular flexibility index (Phi) is 3.61. The zero-order chi connectivity index (χ0) is 10.6. The minimum Gasteiger partial charge on any atom is -0.384 e. The molecule has 14 heavy (non-hydrogen) atoms. The van der Waals surface area contributed by atoms with Crippen LogP contribution in [-0.2, 0) is 5.60 Å². The number of hydrogen-bond donors (Lipinski definition) is 2. The molecule has 0 aliphatic rings. The summed E-state index contributed by atoms with van der Waals surface area (Å²) in [6, 6.07) is 6.05. The fraction of sp³-hybridized carbons (Fsp3) is 0.455. The third kappa shape index (κ3) is 2.79. The molecule has 2 N–H and O–H groups in total. The molecule has 0 fully saturated rings. The highest BCUT2D eigenvalue weighted by molar-refractivity contribution is 5.22. The molecule has 1 unspecified atom stereocenters. The molecule has 1 atom stereocenters. The molecule has 78 valence electrons. The van der Waals surface area contributed by atoms with Gasteiger partial charge in [0.25, 0.3) is 0 Å². The highest BCUT2D eigenvalue weighted by Gasteiger charge is 2.22. The Labute approximate surface area is 83.8 Å². The second-order valence-electron chi connectivity index (χ2n) is 3.56. The summed E-state index contributed by atoms with van der Waals surface area (Å²) < 4.78 is 12.9. The highest BCUT2D eigenvalue weighted by Crippen LogP contribution is 2.20. The quantitative estimate of drug-likeness (QED) is 0.769. The predicted octanol–water partition coefficient (Wildman–Crippen LogP) is 1.64. The van der Waals surface area contributed by atoms with Crippen molar-refractivity contribution in [2.24, 2.45) is 0 Å². The highest BCUT2D eigenvalue weighted by atomic mass is 19.1. The maximum absolute atomic E-state index is 12.9. The van der Waals surface area contributed by atoms with Gasteiger partial charge in [0.2, 0.25) is 0 Å². The van der Waals surface area contributed by atoms with Crippen LogP contribution in [0.15, 0.2) is 24.3 Å². The molecule has 0 aliphatic carbocycles. The fourth-order valence-corrected chi connectivity index (χ4v) is 1.29. The first-order valence-electron chi connectivity index (χ1n) is 4.75. The van der Waals surface area contributed by atoms with E-state index in [-0.39, 0.29) is 5.82 Å². The molecule has 0 aliphatic heterocycles. The summed E-state index contributed by atoms with van der Waals surface area (Å²) in [5.74, 6) is -0.320. The van der Waals surface area contributed by atoms with E-state index in [1.165, 1.54) is 12.1 Å². The van der Waals surface area contributed by atoms with Gasteiger partial charge in [0.15, 0.2) is 0 Å². The van der Waals surface area contributed by atoms with E-state index in [9.17, 15) is 9.50 Å². The third-order valence-corrected chi connectivity index (χ3v) is 2.17. The monoisotopic (exact) mass is 197 g/mol. The van der Waals surface area contributed by atoms with Gasteiger partial charge in [-0.2, -0.15) is 0 Å². The van der Waals surface area contributed by atoms with Crippen LogP contribution in [0.5, 0.6) is 0 Å². The van der Waals surface area contributed by atoms with Gasteiger partial charge >= 0.3 is 0 Å². The second-order valence-corrected chi connectivity index (χ2v) is 3.56. The lowest BCUT2D eigenvalue weighted by molar-refractivity contribution is 0.0573. The number of benzene rings is 1. The van der Waals surface area contributed by atoms with Gasteiger partial charge in [-0.05, 0) is 31.2 Å². The minimum atomic E-state index is -1.02. The van der Waals surface area contributed by atoms with Crippen molar-refractivity contribution >= 4 is 0 Å². The molecule has 0 aromatic heterocycles. The van der Waals surface area contributed by atoms with Crippen LogP contribution in [-0.4, -0.2) is 18.2 Å². The molecule has 1 rings (SSSR count). The molecule has 0 saturated heterocycles. The fourth-order valence-electron chi connectivity index (χ4n) is 1.29. The van der Waals surface area contributed by atoms with Gasteiger partial charge < -0.3 is 10.4 Å². The van der Waals surface area contributed by atoms with Gasteiger partial charge in [0, 0.05) is 6.54 Å². The van der Waals surface area contributed by atoms with Gasteiger partial charge in [-0.15, -0.1) is 0 Å². The molecule has 0 radical (unpaired) electrons. The van der Waals surface area contributed by atoms with E-state index >= 15 is 0 Å². The standard InChI is InChI=1S/C11H16FNO/c1-3-13-8-11(2,14)9-5-4-6-10(12)7-9/h4-7,13-14H,3,8H2,1-2H3. The van der Waals surface area contributed by atoms with Crippen LogP contribution < -0.4 is 5.32 Å².